The van der Waals surface area contributed by atoms with Gasteiger partial charge in [0.15, 0.2) is 11.4 Å². The van der Waals surface area contributed by atoms with E-state index in [0.717, 1.165) is 0 Å². The molecule has 0 atom stereocenters. The topological polar surface area (TPSA) is 92.2 Å². The Labute approximate surface area is 135 Å². The quantitative estimate of drug-likeness (QED) is 0.704. The molecule has 1 heterocycles. The molecule has 0 radical (unpaired) electrons. The fraction of sp³-hybridized carbons (Fsp3) is 0.118. The highest BCUT2D eigenvalue weighted by atomic mass is 19.1. The summed E-state index contributed by atoms with van der Waals surface area (Å²) in [6.07, 6.45) is -0.00147. The molecule has 0 aliphatic carbocycles. The number of rotatable bonds is 5. The summed E-state index contributed by atoms with van der Waals surface area (Å²) in [5, 5.41) is 2.59. The zero-order valence-corrected chi connectivity index (χ0v) is 12.5. The number of aromatic amines is 1. The van der Waals surface area contributed by atoms with Crippen molar-refractivity contribution in [1.82, 2.24) is 4.98 Å². The van der Waals surface area contributed by atoms with Crippen LogP contribution in [0.15, 0.2) is 51.7 Å². The Morgan fingerprint density at radius 3 is 2.58 bits per heavy atom. The van der Waals surface area contributed by atoms with Gasteiger partial charge in [0.2, 0.25) is 5.91 Å². The molecule has 0 unspecified atom stereocenters. The van der Waals surface area contributed by atoms with Gasteiger partial charge in [0.1, 0.15) is 5.82 Å². The molecule has 7 heteroatoms. The molecule has 0 fully saturated rings. The van der Waals surface area contributed by atoms with Crippen molar-refractivity contribution < 1.29 is 18.4 Å². The number of hydrogen-bond acceptors (Lipinski definition) is 4. The Morgan fingerprint density at radius 2 is 1.83 bits per heavy atom. The number of Topliss-reactive ketones (excluding diaryl/α,β-unsaturated/α-hetero) is 1. The van der Waals surface area contributed by atoms with Crippen molar-refractivity contribution in [3.8, 4) is 0 Å². The Hall–Kier alpha value is -3.22. The van der Waals surface area contributed by atoms with Crippen molar-refractivity contribution in [3.63, 3.8) is 0 Å². The van der Waals surface area contributed by atoms with Gasteiger partial charge in [-0.05, 0) is 42.5 Å². The van der Waals surface area contributed by atoms with Gasteiger partial charge in [0, 0.05) is 24.1 Å². The number of H-pyrrole nitrogens is 1. The van der Waals surface area contributed by atoms with E-state index in [1.165, 1.54) is 30.3 Å². The van der Waals surface area contributed by atoms with Gasteiger partial charge < -0.3 is 9.73 Å². The van der Waals surface area contributed by atoms with E-state index in [1.807, 2.05) is 0 Å². The van der Waals surface area contributed by atoms with Crippen LogP contribution >= 0.6 is 0 Å². The molecule has 0 aliphatic rings. The highest BCUT2D eigenvalue weighted by Gasteiger charge is 2.12. The Morgan fingerprint density at radius 1 is 1.08 bits per heavy atom. The number of amides is 1. The van der Waals surface area contributed by atoms with Gasteiger partial charge >= 0.3 is 5.76 Å². The summed E-state index contributed by atoms with van der Waals surface area (Å²) < 4.78 is 17.7. The van der Waals surface area contributed by atoms with Crippen LogP contribution in [0.2, 0.25) is 0 Å². The molecular weight excluding hydrogens is 315 g/mol. The molecule has 1 aromatic heterocycles. The number of hydrogen-bond donors (Lipinski definition) is 2. The number of carbonyl (C=O) groups is 2. The number of nitrogens with one attached hydrogen (secondary N) is 2. The van der Waals surface area contributed by atoms with E-state index in [0.29, 0.717) is 22.4 Å². The zero-order chi connectivity index (χ0) is 17.1. The normalized spacial score (nSPS) is 10.7. The first-order valence-electron chi connectivity index (χ1n) is 7.23. The van der Waals surface area contributed by atoms with Gasteiger partial charge in [-0.2, -0.15) is 0 Å². The molecule has 0 saturated heterocycles. The molecule has 1 amide bonds. The summed E-state index contributed by atoms with van der Waals surface area (Å²) in [6.45, 7) is 0. The van der Waals surface area contributed by atoms with Gasteiger partial charge in [-0.15, -0.1) is 0 Å². The minimum atomic E-state index is -0.590. The van der Waals surface area contributed by atoms with Crippen LogP contribution in [0.4, 0.5) is 10.1 Å². The Kier molecular flexibility index (Phi) is 4.24. The first-order valence-corrected chi connectivity index (χ1v) is 7.23. The number of anilines is 1. The van der Waals surface area contributed by atoms with E-state index in [1.54, 1.807) is 12.1 Å². The molecule has 0 bridgehead atoms. The molecule has 6 nitrogen and oxygen atoms in total. The van der Waals surface area contributed by atoms with Gasteiger partial charge in [0.25, 0.3) is 0 Å². The van der Waals surface area contributed by atoms with Crippen molar-refractivity contribution in [3.05, 3.63) is 64.4 Å². The smallest absolute Gasteiger partial charge is 0.408 e. The summed E-state index contributed by atoms with van der Waals surface area (Å²) in [4.78, 5) is 37.5. The van der Waals surface area contributed by atoms with E-state index in [2.05, 4.69) is 10.3 Å². The molecule has 3 rings (SSSR count). The average molecular weight is 328 g/mol. The van der Waals surface area contributed by atoms with Crippen LogP contribution in [0, 0.1) is 5.82 Å². The summed E-state index contributed by atoms with van der Waals surface area (Å²) in [6, 6.07) is 9.96. The molecule has 3 aromatic rings. The van der Waals surface area contributed by atoms with Gasteiger partial charge in [0.05, 0.1) is 5.52 Å². The van der Waals surface area contributed by atoms with E-state index in [4.69, 9.17) is 4.42 Å². The van der Waals surface area contributed by atoms with Crippen molar-refractivity contribution in [2.45, 2.75) is 12.8 Å². The molecule has 0 saturated carbocycles. The number of carbonyl (C=O) groups excluding carboxylic acids is 2. The SMILES string of the molecule is O=C(CCC(=O)c1ccc2[nH]c(=O)oc2c1)Nc1ccc(F)cc1. The second kappa shape index (κ2) is 6.49. The number of benzene rings is 2. The number of oxazole rings is 1. The number of aromatic nitrogens is 1. The number of ketones is 1. The number of fused-ring (bicyclic) bond motifs is 1. The number of halogens is 1. The molecular formula is C17H13FN2O4. The second-order valence-electron chi connectivity index (χ2n) is 5.20. The largest absolute Gasteiger partial charge is 0.417 e. The van der Waals surface area contributed by atoms with Crippen LogP contribution in [0.1, 0.15) is 23.2 Å². The molecule has 0 spiro atoms. The summed E-state index contributed by atoms with van der Waals surface area (Å²) in [5.41, 5.74) is 1.62. The average Bonchev–Trinajstić information content (AvgIpc) is 2.94. The Bertz CT molecular complexity index is 957. The lowest BCUT2D eigenvalue weighted by Crippen LogP contribution is -2.13. The van der Waals surface area contributed by atoms with Crippen LogP contribution in [0.3, 0.4) is 0 Å². The summed E-state index contributed by atoms with van der Waals surface area (Å²) >= 11 is 0. The molecule has 0 aliphatic heterocycles. The maximum Gasteiger partial charge on any atom is 0.417 e. The van der Waals surface area contributed by atoms with Crippen molar-refractivity contribution >= 4 is 28.5 Å². The third kappa shape index (κ3) is 3.57. The lowest BCUT2D eigenvalue weighted by Gasteiger charge is -2.05. The van der Waals surface area contributed by atoms with E-state index in [9.17, 15) is 18.8 Å². The standard InChI is InChI=1S/C17H13FN2O4/c18-11-2-4-12(5-3-11)19-16(22)8-7-14(21)10-1-6-13-15(9-10)24-17(23)20-13/h1-6,9H,7-8H2,(H,19,22)(H,20,23). The van der Waals surface area contributed by atoms with Crippen molar-refractivity contribution in [1.29, 1.82) is 0 Å². The predicted octanol–water partition coefficient (Wildman–Crippen LogP) is 2.86. The first-order chi connectivity index (χ1) is 11.5. The minimum Gasteiger partial charge on any atom is -0.408 e. The fourth-order valence-corrected chi connectivity index (χ4v) is 2.25. The van der Waals surface area contributed by atoms with Crippen LogP contribution in [-0.2, 0) is 4.79 Å². The van der Waals surface area contributed by atoms with Gasteiger partial charge in [-0.25, -0.2) is 9.18 Å². The lowest BCUT2D eigenvalue weighted by atomic mass is 10.1. The monoisotopic (exact) mass is 328 g/mol. The first kappa shape index (κ1) is 15.7. The second-order valence-corrected chi connectivity index (χ2v) is 5.20. The van der Waals surface area contributed by atoms with E-state index >= 15 is 0 Å². The highest BCUT2D eigenvalue weighted by molar-refractivity contribution is 6.01. The lowest BCUT2D eigenvalue weighted by molar-refractivity contribution is -0.116. The van der Waals surface area contributed by atoms with Gasteiger partial charge in [-0.3, -0.25) is 14.6 Å². The third-order valence-electron chi connectivity index (χ3n) is 3.45. The van der Waals surface area contributed by atoms with Crippen LogP contribution in [-0.4, -0.2) is 16.7 Å². The molecule has 2 N–H and O–H groups in total. The maximum absolute atomic E-state index is 12.8. The zero-order valence-electron chi connectivity index (χ0n) is 12.5. The van der Waals surface area contributed by atoms with Crippen LogP contribution in [0.5, 0.6) is 0 Å². The molecule has 2 aromatic carbocycles. The highest BCUT2D eigenvalue weighted by Crippen LogP contribution is 2.15. The van der Waals surface area contributed by atoms with Gasteiger partial charge in [-0.1, -0.05) is 0 Å². The van der Waals surface area contributed by atoms with Crippen molar-refractivity contribution in [2.75, 3.05) is 5.32 Å². The third-order valence-corrected chi connectivity index (χ3v) is 3.45. The predicted molar refractivity (Wildman–Crippen MR) is 85.4 cm³/mol. The van der Waals surface area contributed by atoms with Crippen LogP contribution in [0.25, 0.3) is 11.1 Å². The summed E-state index contributed by atoms with van der Waals surface area (Å²) in [7, 11) is 0. The minimum absolute atomic E-state index is 0.00713. The maximum atomic E-state index is 12.8. The van der Waals surface area contributed by atoms with Crippen molar-refractivity contribution in [2.24, 2.45) is 0 Å². The van der Waals surface area contributed by atoms with E-state index in [-0.39, 0.29) is 24.5 Å². The summed E-state index contributed by atoms with van der Waals surface area (Å²) in [5.74, 6) is -1.57. The van der Waals surface area contributed by atoms with E-state index < -0.39 is 11.6 Å². The molecule has 24 heavy (non-hydrogen) atoms. The van der Waals surface area contributed by atoms with Crippen LogP contribution < -0.4 is 11.1 Å². The Balaban J connectivity index is 1.60. The molecule has 122 valence electrons. The fourth-order valence-electron chi connectivity index (χ4n) is 2.25.